The van der Waals surface area contributed by atoms with Gasteiger partial charge in [-0.2, -0.15) is 0 Å². The van der Waals surface area contributed by atoms with Gasteiger partial charge in [-0.1, -0.05) is 41.1 Å². The SMILES string of the molecule is CCCN1C(=O)C(Sc2ccccc2)c2cc(Br)ccc21. The molecule has 0 fully saturated rings. The van der Waals surface area contributed by atoms with E-state index in [4.69, 9.17) is 0 Å². The maximum absolute atomic E-state index is 12.8. The summed E-state index contributed by atoms with van der Waals surface area (Å²) >= 11 is 5.15. The Morgan fingerprint density at radius 3 is 2.67 bits per heavy atom. The minimum absolute atomic E-state index is 0.147. The molecule has 2 nitrogen and oxygen atoms in total. The van der Waals surface area contributed by atoms with Crippen LogP contribution in [0.1, 0.15) is 24.2 Å². The van der Waals surface area contributed by atoms with E-state index in [1.165, 1.54) is 0 Å². The Bertz CT molecular complexity index is 659. The van der Waals surface area contributed by atoms with Gasteiger partial charge in [0.05, 0.1) is 0 Å². The monoisotopic (exact) mass is 361 g/mol. The number of amides is 1. The molecule has 4 heteroatoms. The first-order chi connectivity index (χ1) is 10.2. The maximum atomic E-state index is 12.8. The zero-order valence-corrected chi connectivity index (χ0v) is 14.2. The highest BCUT2D eigenvalue weighted by Gasteiger charge is 2.37. The van der Waals surface area contributed by atoms with Crippen LogP contribution in [0.4, 0.5) is 5.69 Å². The van der Waals surface area contributed by atoms with E-state index in [0.29, 0.717) is 0 Å². The van der Waals surface area contributed by atoms with Gasteiger partial charge >= 0.3 is 0 Å². The Morgan fingerprint density at radius 2 is 1.95 bits per heavy atom. The zero-order chi connectivity index (χ0) is 14.8. The van der Waals surface area contributed by atoms with Gasteiger partial charge in [-0.05, 0) is 42.3 Å². The van der Waals surface area contributed by atoms with Crippen molar-refractivity contribution in [2.45, 2.75) is 23.5 Å². The molecular formula is C17H16BrNOS. The molecular weight excluding hydrogens is 346 g/mol. The van der Waals surface area contributed by atoms with Crippen molar-refractivity contribution in [3.63, 3.8) is 0 Å². The van der Waals surface area contributed by atoms with Crippen molar-refractivity contribution in [1.29, 1.82) is 0 Å². The van der Waals surface area contributed by atoms with Crippen molar-refractivity contribution in [2.24, 2.45) is 0 Å². The third-order valence-electron chi connectivity index (χ3n) is 3.50. The molecule has 0 saturated carbocycles. The Hall–Kier alpha value is -1.26. The Balaban J connectivity index is 1.97. The fourth-order valence-corrected chi connectivity index (χ4v) is 4.09. The predicted molar refractivity (Wildman–Crippen MR) is 91.8 cm³/mol. The van der Waals surface area contributed by atoms with Crippen LogP contribution in [0.5, 0.6) is 0 Å². The molecule has 1 amide bonds. The number of hydrogen-bond donors (Lipinski definition) is 0. The summed E-state index contributed by atoms with van der Waals surface area (Å²) in [5, 5.41) is -0.147. The fraction of sp³-hybridized carbons (Fsp3) is 0.235. The Morgan fingerprint density at radius 1 is 1.19 bits per heavy atom. The first kappa shape index (κ1) is 14.7. The highest BCUT2D eigenvalue weighted by molar-refractivity contribution is 9.10. The maximum Gasteiger partial charge on any atom is 0.245 e. The van der Waals surface area contributed by atoms with Gasteiger partial charge in [0.25, 0.3) is 0 Å². The van der Waals surface area contributed by atoms with Crippen molar-refractivity contribution in [2.75, 3.05) is 11.4 Å². The molecule has 1 aliphatic rings. The molecule has 0 aromatic heterocycles. The summed E-state index contributed by atoms with van der Waals surface area (Å²) < 4.78 is 1.02. The van der Waals surface area contributed by atoms with E-state index in [-0.39, 0.29) is 11.2 Å². The van der Waals surface area contributed by atoms with E-state index in [1.54, 1.807) is 11.8 Å². The molecule has 1 heterocycles. The molecule has 0 N–H and O–H groups in total. The van der Waals surface area contributed by atoms with Crippen LogP contribution in [0.15, 0.2) is 57.9 Å². The standard InChI is InChI=1S/C17H16BrNOS/c1-2-10-19-15-9-8-12(18)11-14(15)16(17(19)20)21-13-6-4-3-5-7-13/h3-9,11,16H,2,10H2,1H3. The average molecular weight is 362 g/mol. The Kier molecular flexibility index (Phi) is 4.36. The molecule has 0 radical (unpaired) electrons. The molecule has 0 bridgehead atoms. The second-order valence-corrected chi connectivity index (χ2v) is 7.10. The molecule has 1 atom stereocenters. The molecule has 1 aliphatic heterocycles. The van der Waals surface area contributed by atoms with Gasteiger partial charge in [-0.15, -0.1) is 11.8 Å². The molecule has 2 aromatic rings. The van der Waals surface area contributed by atoms with E-state index in [2.05, 4.69) is 41.1 Å². The second-order valence-electron chi connectivity index (χ2n) is 5.00. The van der Waals surface area contributed by atoms with Crippen LogP contribution in [0, 0.1) is 0 Å². The highest BCUT2D eigenvalue weighted by atomic mass is 79.9. The summed E-state index contributed by atoms with van der Waals surface area (Å²) in [6.45, 7) is 2.88. The van der Waals surface area contributed by atoms with Crippen molar-refractivity contribution in [3.05, 3.63) is 58.6 Å². The van der Waals surface area contributed by atoms with E-state index < -0.39 is 0 Å². The van der Waals surface area contributed by atoms with Gasteiger partial charge in [0.15, 0.2) is 0 Å². The lowest BCUT2D eigenvalue weighted by atomic mass is 10.1. The second kappa shape index (κ2) is 6.24. The predicted octanol–water partition coefficient (Wildman–Crippen LogP) is 5.04. The van der Waals surface area contributed by atoms with E-state index in [0.717, 1.165) is 33.6 Å². The summed E-state index contributed by atoms with van der Waals surface area (Å²) in [6, 6.07) is 16.2. The van der Waals surface area contributed by atoms with Crippen LogP contribution < -0.4 is 4.90 Å². The van der Waals surface area contributed by atoms with Gasteiger partial charge in [0.2, 0.25) is 5.91 Å². The molecule has 0 aliphatic carbocycles. The summed E-state index contributed by atoms with van der Waals surface area (Å²) in [7, 11) is 0. The fourth-order valence-electron chi connectivity index (χ4n) is 2.58. The molecule has 1 unspecified atom stereocenters. The number of thioether (sulfide) groups is 1. The summed E-state index contributed by atoms with van der Waals surface area (Å²) in [6.07, 6.45) is 0.962. The summed E-state index contributed by atoms with van der Waals surface area (Å²) in [4.78, 5) is 15.8. The van der Waals surface area contributed by atoms with Gasteiger partial charge in [0, 0.05) is 21.6 Å². The first-order valence-corrected chi connectivity index (χ1v) is 8.70. The first-order valence-electron chi connectivity index (χ1n) is 7.03. The summed E-state index contributed by atoms with van der Waals surface area (Å²) in [5.41, 5.74) is 2.16. The smallest absolute Gasteiger partial charge is 0.245 e. The topological polar surface area (TPSA) is 20.3 Å². The van der Waals surface area contributed by atoms with E-state index in [9.17, 15) is 4.79 Å². The minimum Gasteiger partial charge on any atom is -0.311 e. The number of hydrogen-bond acceptors (Lipinski definition) is 2. The van der Waals surface area contributed by atoms with Crippen LogP contribution in [0.25, 0.3) is 0 Å². The largest absolute Gasteiger partial charge is 0.311 e. The zero-order valence-electron chi connectivity index (χ0n) is 11.8. The molecule has 0 saturated heterocycles. The van der Waals surface area contributed by atoms with Crippen LogP contribution >= 0.6 is 27.7 Å². The van der Waals surface area contributed by atoms with Gasteiger partial charge in [-0.3, -0.25) is 4.79 Å². The van der Waals surface area contributed by atoms with E-state index in [1.807, 2.05) is 35.2 Å². The third kappa shape index (κ3) is 2.87. The van der Waals surface area contributed by atoms with Gasteiger partial charge in [-0.25, -0.2) is 0 Å². The molecule has 3 rings (SSSR count). The Labute approximate surface area is 137 Å². The lowest BCUT2D eigenvalue weighted by molar-refractivity contribution is -0.117. The third-order valence-corrected chi connectivity index (χ3v) is 5.23. The number of benzene rings is 2. The summed E-state index contributed by atoms with van der Waals surface area (Å²) in [5.74, 6) is 0.193. The van der Waals surface area contributed by atoms with Crippen LogP contribution in [0.3, 0.4) is 0 Å². The minimum atomic E-state index is -0.147. The quantitative estimate of drug-likeness (QED) is 0.760. The average Bonchev–Trinajstić information content (AvgIpc) is 2.74. The number of carbonyl (C=O) groups is 1. The molecule has 2 aromatic carbocycles. The number of anilines is 1. The number of nitrogens with zero attached hydrogens (tertiary/aromatic N) is 1. The van der Waals surface area contributed by atoms with Crippen molar-refractivity contribution >= 4 is 39.3 Å². The number of halogens is 1. The van der Waals surface area contributed by atoms with E-state index >= 15 is 0 Å². The van der Waals surface area contributed by atoms with Gasteiger partial charge in [0.1, 0.15) is 5.25 Å². The highest BCUT2D eigenvalue weighted by Crippen LogP contribution is 2.47. The van der Waals surface area contributed by atoms with Crippen LogP contribution in [-0.2, 0) is 4.79 Å². The molecule has 108 valence electrons. The molecule has 21 heavy (non-hydrogen) atoms. The number of rotatable bonds is 4. The normalized spacial score (nSPS) is 17.1. The van der Waals surface area contributed by atoms with Crippen LogP contribution in [-0.4, -0.2) is 12.5 Å². The molecule has 0 spiro atoms. The van der Waals surface area contributed by atoms with Crippen molar-refractivity contribution in [3.8, 4) is 0 Å². The number of fused-ring (bicyclic) bond motifs is 1. The van der Waals surface area contributed by atoms with Crippen molar-refractivity contribution in [1.82, 2.24) is 0 Å². The van der Waals surface area contributed by atoms with Crippen molar-refractivity contribution < 1.29 is 4.79 Å². The van der Waals surface area contributed by atoms with Gasteiger partial charge < -0.3 is 4.90 Å². The number of carbonyl (C=O) groups excluding carboxylic acids is 1. The lowest BCUT2D eigenvalue weighted by Crippen LogP contribution is -2.28. The van der Waals surface area contributed by atoms with Crippen LogP contribution in [0.2, 0.25) is 0 Å². The lowest BCUT2D eigenvalue weighted by Gasteiger charge is -2.16.